The Labute approximate surface area is 175 Å². The third kappa shape index (κ3) is 4.16. The van der Waals surface area contributed by atoms with Crippen LogP contribution in [0.1, 0.15) is 45.1 Å². The number of nitrogens with zero attached hydrogens (tertiary/aromatic N) is 2. The first-order valence-electron chi connectivity index (χ1n) is 9.27. The molecule has 3 N–H and O–H groups in total. The molecule has 6 nitrogen and oxygen atoms in total. The normalized spacial score (nSPS) is 12.3. The number of carbonyl (C=O) groups excluding carboxylic acids is 1. The second-order valence-corrected chi connectivity index (χ2v) is 7.99. The van der Waals surface area contributed by atoms with Crippen molar-refractivity contribution in [2.24, 2.45) is 0 Å². The Kier molecular flexibility index (Phi) is 5.45. The van der Waals surface area contributed by atoms with Crippen LogP contribution in [0, 0.1) is 6.92 Å². The molecule has 0 bridgehead atoms. The van der Waals surface area contributed by atoms with E-state index in [1.807, 2.05) is 38.2 Å². The van der Waals surface area contributed by atoms with Crippen LogP contribution in [0.5, 0.6) is 0 Å². The van der Waals surface area contributed by atoms with Gasteiger partial charge in [0.15, 0.2) is 5.65 Å². The van der Waals surface area contributed by atoms with E-state index in [1.54, 1.807) is 12.3 Å². The van der Waals surface area contributed by atoms with Crippen molar-refractivity contribution in [3.63, 3.8) is 0 Å². The summed E-state index contributed by atoms with van der Waals surface area (Å²) in [4.78, 5) is 24.5. The monoisotopic (exact) mass is 427 g/mol. The third-order valence-electron chi connectivity index (χ3n) is 4.65. The van der Waals surface area contributed by atoms with E-state index in [2.05, 4.69) is 25.6 Å². The molecule has 0 spiro atoms. The molecule has 30 heavy (non-hydrogen) atoms. The number of aromatic amines is 1. The van der Waals surface area contributed by atoms with Crippen LogP contribution < -0.4 is 10.6 Å². The van der Waals surface area contributed by atoms with E-state index in [1.165, 1.54) is 12.1 Å². The predicted molar refractivity (Wildman–Crippen MR) is 114 cm³/mol. The maximum absolute atomic E-state index is 12.7. The molecule has 0 saturated heterocycles. The average molecular weight is 427 g/mol. The summed E-state index contributed by atoms with van der Waals surface area (Å²) in [5.74, 6) is 0.231. The van der Waals surface area contributed by atoms with Crippen LogP contribution in [0.25, 0.3) is 11.2 Å². The van der Waals surface area contributed by atoms with Crippen molar-refractivity contribution in [3.05, 3.63) is 69.7 Å². The SMILES string of the molecule is Cc1c[nH]c2ncc(N[C@@H](C)c3cccc(NC(=O)c4ccc(C(F)F)s4)c3)nc12. The van der Waals surface area contributed by atoms with Gasteiger partial charge in [-0.2, -0.15) is 0 Å². The number of rotatable bonds is 6. The van der Waals surface area contributed by atoms with Crippen LogP contribution in [0.15, 0.2) is 48.8 Å². The zero-order valence-electron chi connectivity index (χ0n) is 16.2. The number of H-pyrrole nitrogens is 1. The molecule has 1 atom stereocenters. The molecule has 0 aliphatic heterocycles. The molecular weight excluding hydrogens is 408 g/mol. The quantitative estimate of drug-likeness (QED) is 0.369. The maximum Gasteiger partial charge on any atom is 0.272 e. The Morgan fingerprint density at radius 2 is 2.07 bits per heavy atom. The number of nitrogens with one attached hydrogen (secondary N) is 3. The zero-order chi connectivity index (χ0) is 21.3. The van der Waals surface area contributed by atoms with E-state index < -0.39 is 12.3 Å². The van der Waals surface area contributed by atoms with Gasteiger partial charge in [0.25, 0.3) is 12.3 Å². The topological polar surface area (TPSA) is 82.7 Å². The first-order valence-corrected chi connectivity index (χ1v) is 10.1. The van der Waals surface area contributed by atoms with Gasteiger partial charge in [-0.05, 0) is 49.2 Å². The van der Waals surface area contributed by atoms with E-state index in [0.717, 1.165) is 33.6 Å². The fraction of sp³-hybridized carbons (Fsp3) is 0.190. The van der Waals surface area contributed by atoms with Crippen molar-refractivity contribution in [3.8, 4) is 0 Å². The molecular formula is C21H19F2N5OS. The number of anilines is 2. The van der Waals surface area contributed by atoms with Crippen molar-refractivity contribution in [2.45, 2.75) is 26.3 Å². The number of hydrogen-bond acceptors (Lipinski definition) is 5. The lowest BCUT2D eigenvalue weighted by molar-refractivity contribution is 0.103. The number of halogens is 2. The summed E-state index contributed by atoms with van der Waals surface area (Å²) in [5.41, 5.74) is 4.08. The van der Waals surface area contributed by atoms with Crippen LogP contribution in [-0.4, -0.2) is 20.9 Å². The van der Waals surface area contributed by atoms with Gasteiger partial charge >= 0.3 is 0 Å². The third-order valence-corrected chi connectivity index (χ3v) is 5.74. The molecule has 0 radical (unpaired) electrons. The van der Waals surface area contributed by atoms with E-state index in [9.17, 15) is 13.6 Å². The minimum absolute atomic E-state index is 0.0972. The summed E-state index contributed by atoms with van der Waals surface area (Å²) < 4.78 is 25.5. The van der Waals surface area contributed by atoms with Gasteiger partial charge in [0.2, 0.25) is 0 Å². The molecule has 3 heterocycles. The molecule has 1 aromatic carbocycles. The highest BCUT2D eigenvalue weighted by molar-refractivity contribution is 7.14. The molecule has 0 saturated carbocycles. The fourth-order valence-corrected chi connectivity index (χ4v) is 3.82. The Morgan fingerprint density at radius 3 is 2.83 bits per heavy atom. The van der Waals surface area contributed by atoms with Crippen molar-refractivity contribution >= 4 is 39.9 Å². The lowest BCUT2D eigenvalue weighted by Crippen LogP contribution is -2.12. The van der Waals surface area contributed by atoms with Gasteiger partial charge in [0.1, 0.15) is 11.3 Å². The van der Waals surface area contributed by atoms with E-state index in [4.69, 9.17) is 0 Å². The predicted octanol–water partition coefficient (Wildman–Crippen LogP) is 5.69. The second kappa shape index (κ2) is 8.19. The Morgan fingerprint density at radius 1 is 1.23 bits per heavy atom. The maximum atomic E-state index is 12.7. The van der Waals surface area contributed by atoms with Crippen LogP contribution in [0.2, 0.25) is 0 Å². The molecule has 1 amide bonds. The highest BCUT2D eigenvalue weighted by Crippen LogP contribution is 2.28. The van der Waals surface area contributed by atoms with Gasteiger partial charge < -0.3 is 15.6 Å². The lowest BCUT2D eigenvalue weighted by Gasteiger charge is -2.16. The van der Waals surface area contributed by atoms with Gasteiger partial charge in [-0.1, -0.05) is 12.1 Å². The molecule has 154 valence electrons. The summed E-state index contributed by atoms with van der Waals surface area (Å²) in [7, 11) is 0. The Balaban J connectivity index is 1.47. The lowest BCUT2D eigenvalue weighted by atomic mass is 10.1. The first kappa shape index (κ1) is 20.0. The second-order valence-electron chi connectivity index (χ2n) is 6.87. The molecule has 9 heteroatoms. The highest BCUT2D eigenvalue weighted by atomic mass is 32.1. The molecule has 0 fully saturated rings. The van der Waals surface area contributed by atoms with Gasteiger partial charge in [-0.25, -0.2) is 18.7 Å². The molecule has 4 aromatic rings. The zero-order valence-corrected chi connectivity index (χ0v) is 17.1. The number of aromatic nitrogens is 3. The van der Waals surface area contributed by atoms with Crippen LogP contribution in [0.3, 0.4) is 0 Å². The Bertz CT molecular complexity index is 1200. The summed E-state index contributed by atoms with van der Waals surface area (Å²) in [6.45, 7) is 3.94. The van der Waals surface area contributed by atoms with Crippen LogP contribution in [-0.2, 0) is 0 Å². The first-order chi connectivity index (χ1) is 14.4. The summed E-state index contributed by atoms with van der Waals surface area (Å²) in [5, 5.41) is 6.08. The molecule has 4 rings (SSSR count). The number of thiophene rings is 1. The highest BCUT2D eigenvalue weighted by Gasteiger charge is 2.15. The van der Waals surface area contributed by atoms with E-state index >= 15 is 0 Å². The minimum atomic E-state index is -2.58. The van der Waals surface area contributed by atoms with Gasteiger partial charge in [0.05, 0.1) is 22.0 Å². The summed E-state index contributed by atoms with van der Waals surface area (Å²) in [6.07, 6.45) is 0.948. The summed E-state index contributed by atoms with van der Waals surface area (Å²) >= 11 is 0.791. The molecule has 0 aliphatic rings. The van der Waals surface area contributed by atoms with Crippen molar-refractivity contribution in [2.75, 3.05) is 10.6 Å². The molecule has 3 aromatic heterocycles. The van der Waals surface area contributed by atoms with Crippen molar-refractivity contribution < 1.29 is 13.6 Å². The van der Waals surface area contributed by atoms with Crippen molar-refractivity contribution in [1.82, 2.24) is 15.0 Å². The number of benzene rings is 1. The average Bonchev–Trinajstić information content (AvgIpc) is 3.36. The molecule has 0 aliphatic carbocycles. The summed E-state index contributed by atoms with van der Waals surface area (Å²) in [6, 6.07) is 9.94. The fourth-order valence-electron chi connectivity index (χ4n) is 3.06. The molecule has 0 unspecified atom stereocenters. The van der Waals surface area contributed by atoms with Crippen LogP contribution >= 0.6 is 11.3 Å². The number of alkyl halides is 2. The van der Waals surface area contributed by atoms with E-state index in [0.29, 0.717) is 11.5 Å². The number of hydrogen-bond donors (Lipinski definition) is 3. The standard InChI is InChI=1S/C21H19F2N5OS/c1-11-9-24-20-18(11)28-17(10-25-20)26-12(2)13-4-3-5-14(8-13)27-21(29)16-7-6-15(30-16)19(22)23/h3-10,12,19H,1-2H3,(H,24,25)(H,26,28)(H,27,29)/t12-/m0/s1. The van der Waals surface area contributed by atoms with E-state index in [-0.39, 0.29) is 15.8 Å². The van der Waals surface area contributed by atoms with Crippen molar-refractivity contribution in [1.29, 1.82) is 0 Å². The minimum Gasteiger partial charge on any atom is -0.362 e. The van der Waals surface area contributed by atoms with Crippen LogP contribution in [0.4, 0.5) is 20.3 Å². The number of aryl methyl sites for hydroxylation is 1. The largest absolute Gasteiger partial charge is 0.362 e. The number of carbonyl (C=O) groups is 1. The number of fused-ring (bicyclic) bond motifs is 1. The number of amides is 1. The van der Waals surface area contributed by atoms with Gasteiger partial charge in [-0.15, -0.1) is 11.3 Å². The van der Waals surface area contributed by atoms with Gasteiger partial charge in [0, 0.05) is 11.9 Å². The Hall–Kier alpha value is -3.33. The smallest absolute Gasteiger partial charge is 0.272 e. The van der Waals surface area contributed by atoms with Gasteiger partial charge in [-0.3, -0.25) is 4.79 Å².